The molecule has 0 aromatic heterocycles. The number of benzene rings is 1. The quantitative estimate of drug-likeness (QED) is 0.805. The van der Waals surface area contributed by atoms with Crippen LogP contribution in [0.2, 0.25) is 0 Å². The van der Waals surface area contributed by atoms with Gasteiger partial charge in [-0.1, -0.05) is 6.08 Å². The average molecular weight is 355 g/mol. The lowest BCUT2D eigenvalue weighted by Crippen LogP contribution is -2.34. The molecule has 4 rings (SSSR count). The molecule has 0 saturated heterocycles. The van der Waals surface area contributed by atoms with Gasteiger partial charge in [-0.15, -0.1) is 0 Å². The molecule has 5 nitrogen and oxygen atoms in total. The van der Waals surface area contributed by atoms with Gasteiger partial charge in [0.05, 0.1) is 0 Å². The Labute approximate surface area is 159 Å². The molecule has 134 valence electrons. The average Bonchev–Trinajstić information content (AvgIpc) is 2.84. The summed E-state index contributed by atoms with van der Waals surface area (Å²) in [4.78, 5) is 11.1. The van der Waals surface area contributed by atoms with Crippen LogP contribution in [0.1, 0.15) is 42.9 Å². The summed E-state index contributed by atoms with van der Waals surface area (Å²) in [6, 6.07) is 8.52. The molecule has 0 spiro atoms. The van der Waals surface area contributed by atoms with E-state index in [4.69, 9.17) is 5.26 Å². The summed E-state index contributed by atoms with van der Waals surface area (Å²) >= 11 is 0. The second-order valence-corrected chi connectivity index (χ2v) is 7.26. The van der Waals surface area contributed by atoms with Gasteiger partial charge in [0, 0.05) is 36.6 Å². The molecule has 27 heavy (non-hydrogen) atoms. The zero-order valence-corrected chi connectivity index (χ0v) is 15.5. The van der Waals surface area contributed by atoms with Crippen LogP contribution in [0.4, 0.5) is 5.69 Å². The molecule has 0 bridgehead atoms. The van der Waals surface area contributed by atoms with E-state index in [1.807, 2.05) is 25.1 Å². The Balaban J connectivity index is 1.67. The van der Waals surface area contributed by atoms with Crippen LogP contribution in [-0.2, 0) is 12.8 Å². The number of hydrogen-bond acceptors (Lipinski definition) is 5. The van der Waals surface area contributed by atoms with Crippen LogP contribution in [0.25, 0.3) is 6.08 Å². The van der Waals surface area contributed by atoms with Crippen molar-refractivity contribution in [3.63, 3.8) is 0 Å². The SMILES string of the molecule is CC1=NC(C#N)=C(C#N)N=C(/C=C/c2cc3c4c(c2)CCCN4CCC3)C1. The summed E-state index contributed by atoms with van der Waals surface area (Å²) in [6.45, 7) is 4.21. The molecule has 0 unspecified atom stereocenters. The van der Waals surface area contributed by atoms with Crippen molar-refractivity contribution in [2.24, 2.45) is 9.98 Å². The summed E-state index contributed by atoms with van der Waals surface area (Å²) in [5.41, 5.74) is 7.26. The Kier molecular flexibility index (Phi) is 4.60. The summed E-state index contributed by atoms with van der Waals surface area (Å²) < 4.78 is 0. The normalized spacial score (nSPS) is 19.0. The third-order valence-corrected chi connectivity index (χ3v) is 5.25. The maximum absolute atomic E-state index is 9.27. The van der Waals surface area contributed by atoms with Gasteiger partial charge >= 0.3 is 0 Å². The minimum atomic E-state index is 0.0881. The molecule has 1 aromatic rings. The van der Waals surface area contributed by atoms with E-state index in [9.17, 15) is 5.26 Å². The molecule has 0 aliphatic carbocycles. The number of nitrogens with zero attached hydrogens (tertiary/aromatic N) is 5. The second-order valence-electron chi connectivity index (χ2n) is 7.26. The molecule has 3 heterocycles. The zero-order valence-electron chi connectivity index (χ0n) is 15.5. The van der Waals surface area contributed by atoms with Crippen LogP contribution in [0.3, 0.4) is 0 Å². The molecular weight excluding hydrogens is 334 g/mol. The highest BCUT2D eigenvalue weighted by Crippen LogP contribution is 2.36. The summed E-state index contributed by atoms with van der Waals surface area (Å²) in [6.07, 6.45) is 9.28. The highest BCUT2D eigenvalue weighted by molar-refractivity contribution is 6.11. The van der Waals surface area contributed by atoms with Crippen molar-refractivity contribution in [3.8, 4) is 12.1 Å². The molecule has 3 aliphatic heterocycles. The molecule has 0 amide bonds. The van der Waals surface area contributed by atoms with Gasteiger partial charge in [-0.25, -0.2) is 9.98 Å². The minimum Gasteiger partial charge on any atom is -0.371 e. The number of aliphatic imine (C=N–C) groups is 2. The van der Waals surface area contributed by atoms with Gasteiger partial charge in [-0.2, -0.15) is 10.5 Å². The minimum absolute atomic E-state index is 0.0881. The van der Waals surface area contributed by atoms with Crippen molar-refractivity contribution in [3.05, 3.63) is 46.3 Å². The molecule has 3 aliphatic rings. The van der Waals surface area contributed by atoms with Gasteiger partial charge in [0.25, 0.3) is 0 Å². The van der Waals surface area contributed by atoms with Crippen LogP contribution < -0.4 is 4.90 Å². The fourth-order valence-electron chi connectivity index (χ4n) is 4.15. The van der Waals surface area contributed by atoms with E-state index in [1.54, 1.807) is 0 Å². The molecular formula is C22H21N5. The third kappa shape index (κ3) is 3.41. The predicted molar refractivity (Wildman–Crippen MR) is 108 cm³/mol. The van der Waals surface area contributed by atoms with Crippen molar-refractivity contribution < 1.29 is 0 Å². The summed E-state index contributed by atoms with van der Waals surface area (Å²) in [5, 5.41) is 18.4. The fraction of sp³-hybridized carbons (Fsp3) is 0.364. The Bertz CT molecular complexity index is 964. The first-order valence-corrected chi connectivity index (χ1v) is 9.43. The highest BCUT2D eigenvalue weighted by Gasteiger charge is 2.23. The second kappa shape index (κ2) is 7.21. The van der Waals surface area contributed by atoms with Crippen LogP contribution in [0.5, 0.6) is 0 Å². The van der Waals surface area contributed by atoms with Crippen molar-refractivity contribution >= 4 is 23.2 Å². The van der Waals surface area contributed by atoms with Crippen molar-refractivity contribution in [2.45, 2.75) is 39.0 Å². The number of rotatable bonds is 2. The van der Waals surface area contributed by atoms with Gasteiger partial charge < -0.3 is 4.90 Å². The standard InChI is InChI=1S/C22H21N5/c1-15-10-19(26-21(14-24)20(13-23)25-15)7-6-16-11-17-4-2-8-27-9-3-5-18(12-16)22(17)27/h6-7,11-12H,2-5,8-10H2,1H3/b7-6+. The number of anilines is 1. The molecule has 0 atom stereocenters. The van der Waals surface area contributed by atoms with E-state index in [2.05, 4.69) is 33.1 Å². The van der Waals surface area contributed by atoms with Crippen molar-refractivity contribution in [2.75, 3.05) is 18.0 Å². The molecule has 5 heteroatoms. The first-order valence-electron chi connectivity index (χ1n) is 9.43. The molecule has 0 saturated carbocycles. The predicted octanol–water partition coefficient (Wildman–Crippen LogP) is 3.96. The van der Waals surface area contributed by atoms with E-state index in [0.717, 1.165) is 24.3 Å². The molecule has 1 aromatic carbocycles. The Morgan fingerprint density at radius 1 is 0.963 bits per heavy atom. The van der Waals surface area contributed by atoms with Crippen LogP contribution in [-0.4, -0.2) is 24.5 Å². The highest BCUT2D eigenvalue weighted by atomic mass is 15.1. The van der Waals surface area contributed by atoms with E-state index in [-0.39, 0.29) is 11.4 Å². The fourth-order valence-corrected chi connectivity index (χ4v) is 4.15. The monoisotopic (exact) mass is 355 g/mol. The number of nitriles is 2. The van der Waals surface area contributed by atoms with E-state index < -0.39 is 0 Å². The molecule has 0 N–H and O–H groups in total. The van der Waals surface area contributed by atoms with Crippen LogP contribution in [0.15, 0.2) is 39.6 Å². The van der Waals surface area contributed by atoms with E-state index in [0.29, 0.717) is 6.42 Å². The zero-order chi connectivity index (χ0) is 18.8. The van der Waals surface area contributed by atoms with Crippen molar-refractivity contribution in [1.82, 2.24) is 0 Å². The Hall–Kier alpha value is -3.18. The van der Waals surface area contributed by atoms with Gasteiger partial charge in [0.2, 0.25) is 0 Å². The van der Waals surface area contributed by atoms with E-state index in [1.165, 1.54) is 48.3 Å². The Morgan fingerprint density at radius 2 is 1.59 bits per heavy atom. The van der Waals surface area contributed by atoms with Crippen LogP contribution >= 0.6 is 0 Å². The first kappa shape index (κ1) is 17.2. The topological polar surface area (TPSA) is 75.5 Å². The molecule has 0 fully saturated rings. The maximum atomic E-state index is 9.27. The van der Waals surface area contributed by atoms with Crippen molar-refractivity contribution in [1.29, 1.82) is 10.5 Å². The maximum Gasteiger partial charge on any atom is 0.177 e. The van der Waals surface area contributed by atoms with Gasteiger partial charge in [-0.05, 0) is 67.5 Å². The van der Waals surface area contributed by atoms with Gasteiger partial charge in [0.1, 0.15) is 12.1 Å². The van der Waals surface area contributed by atoms with E-state index >= 15 is 0 Å². The first-order chi connectivity index (χ1) is 13.2. The number of aryl methyl sites for hydroxylation is 2. The lowest BCUT2D eigenvalue weighted by molar-refractivity contribution is 0.634. The Morgan fingerprint density at radius 3 is 2.22 bits per heavy atom. The van der Waals surface area contributed by atoms with Gasteiger partial charge in [-0.3, -0.25) is 0 Å². The lowest BCUT2D eigenvalue weighted by atomic mass is 9.90. The van der Waals surface area contributed by atoms with Crippen LogP contribution in [0, 0.1) is 22.7 Å². The number of allylic oxidation sites excluding steroid dienone is 3. The summed E-state index contributed by atoms with van der Waals surface area (Å²) in [5.74, 6) is 0. The van der Waals surface area contributed by atoms with Gasteiger partial charge in [0.15, 0.2) is 11.4 Å². The summed E-state index contributed by atoms with van der Waals surface area (Å²) in [7, 11) is 0. The molecule has 0 radical (unpaired) electrons. The number of hydrogen-bond donors (Lipinski definition) is 0. The lowest BCUT2D eigenvalue weighted by Gasteiger charge is -2.37. The smallest absolute Gasteiger partial charge is 0.177 e. The largest absolute Gasteiger partial charge is 0.371 e. The third-order valence-electron chi connectivity index (χ3n) is 5.25.